The molecule has 0 saturated carbocycles. The third kappa shape index (κ3) is 3.61. The van der Waals surface area contributed by atoms with Crippen LogP contribution in [0.15, 0.2) is 42.6 Å². The van der Waals surface area contributed by atoms with E-state index in [1.807, 2.05) is 0 Å². The first kappa shape index (κ1) is 14.1. The van der Waals surface area contributed by atoms with Crippen molar-refractivity contribution >= 4 is 23.3 Å². The molecule has 0 unspecified atom stereocenters. The molecule has 0 bridgehead atoms. The average Bonchev–Trinajstić information content (AvgIpc) is 2.47. The van der Waals surface area contributed by atoms with E-state index in [0.717, 1.165) is 0 Å². The molecule has 1 aromatic carbocycles. The lowest BCUT2D eigenvalue weighted by Gasteiger charge is -2.10. The second-order valence-electron chi connectivity index (χ2n) is 3.82. The number of rotatable bonds is 5. The van der Waals surface area contributed by atoms with Gasteiger partial charge in [0.25, 0.3) is 5.91 Å². The standard InChI is InChI=1S/C14H13ClN2O3/c1-19-12-7-4-8-16-14(12)17-13(18)9-20-11-6-3-2-5-10(11)15/h2-8H,9H2,1H3,(H,16,17,18). The highest BCUT2D eigenvalue weighted by Gasteiger charge is 2.09. The molecule has 0 aliphatic carbocycles. The summed E-state index contributed by atoms with van der Waals surface area (Å²) in [5.41, 5.74) is 0. The minimum atomic E-state index is -0.345. The van der Waals surface area contributed by atoms with E-state index in [2.05, 4.69) is 10.3 Å². The minimum absolute atomic E-state index is 0.163. The van der Waals surface area contributed by atoms with Crippen LogP contribution in [0.4, 0.5) is 5.82 Å². The van der Waals surface area contributed by atoms with Gasteiger partial charge in [0, 0.05) is 6.20 Å². The van der Waals surface area contributed by atoms with Crippen LogP contribution < -0.4 is 14.8 Å². The number of hydrogen-bond acceptors (Lipinski definition) is 4. The fraction of sp³-hybridized carbons (Fsp3) is 0.143. The number of aromatic nitrogens is 1. The molecule has 0 aliphatic heterocycles. The van der Waals surface area contributed by atoms with Gasteiger partial charge in [-0.05, 0) is 24.3 Å². The normalized spacial score (nSPS) is 9.90. The fourth-order valence-corrected chi connectivity index (χ4v) is 1.71. The second kappa shape index (κ2) is 6.77. The zero-order valence-corrected chi connectivity index (χ0v) is 11.6. The third-order valence-electron chi connectivity index (χ3n) is 2.44. The Bertz CT molecular complexity index is 604. The van der Waals surface area contributed by atoms with Crippen molar-refractivity contribution in [2.45, 2.75) is 0 Å². The van der Waals surface area contributed by atoms with Crippen molar-refractivity contribution < 1.29 is 14.3 Å². The van der Waals surface area contributed by atoms with E-state index in [0.29, 0.717) is 22.3 Å². The van der Waals surface area contributed by atoms with Gasteiger partial charge < -0.3 is 14.8 Å². The van der Waals surface area contributed by atoms with Crippen molar-refractivity contribution in [3.8, 4) is 11.5 Å². The molecule has 1 amide bonds. The van der Waals surface area contributed by atoms with Crippen molar-refractivity contribution in [1.29, 1.82) is 0 Å². The predicted molar refractivity (Wildman–Crippen MR) is 76.4 cm³/mol. The smallest absolute Gasteiger partial charge is 0.263 e. The molecule has 0 aliphatic rings. The summed E-state index contributed by atoms with van der Waals surface area (Å²) in [6.07, 6.45) is 1.56. The molecule has 1 heterocycles. The summed E-state index contributed by atoms with van der Waals surface area (Å²) < 4.78 is 10.4. The van der Waals surface area contributed by atoms with E-state index in [1.54, 1.807) is 42.6 Å². The maximum Gasteiger partial charge on any atom is 0.263 e. The number of anilines is 1. The highest BCUT2D eigenvalue weighted by molar-refractivity contribution is 6.32. The maximum absolute atomic E-state index is 11.8. The Hall–Kier alpha value is -2.27. The molecular formula is C14H13ClN2O3. The Morgan fingerprint density at radius 3 is 2.75 bits per heavy atom. The van der Waals surface area contributed by atoms with Crippen LogP contribution >= 0.6 is 11.6 Å². The van der Waals surface area contributed by atoms with Crippen LogP contribution in [0.5, 0.6) is 11.5 Å². The first-order chi connectivity index (χ1) is 9.70. The first-order valence-electron chi connectivity index (χ1n) is 5.87. The van der Waals surface area contributed by atoms with Crippen molar-refractivity contribution in [1.82, 2.24) is 4.98 Å². The molecule has 2 rings (SSSR count). The molecule has 0 atom stereocenters. The van der Waals surface area contributed by atoms with Crippen LogP contribution in [0, 0.1) is 0 Å². The number of nitrogens with zero attached hydrogens (tertiary/aromatic N) is 1. The molecule has 0 saturated heterocycles. The monoisotopic (exact) mass is 292 g/mol. The zero-order chi connectivity index (χ0) is 14.4. The van der Waals surface area contributed by atoms with Crippen LogP contribution in [0.3, 0.4) is 0 Å². The Balaban J connectivity index is 1.95. The quantitative estimate of drug-likeness (QED) is 0.920. The Morgan fingerprint density at radius 1 is 1.25 bits per heavy atom. The Kier molecular flexibility index (Phi) is 4.79. The number of carbonyl (C=O) groups is 1. The highest BCUT2D eigenvalue weighted by Crippen LogP contribution is 2.23. The number of benzene rings is 1. The summed E-state index contributed by atoms with van der Waals surface area (Å²) >= 11 is 5.93. The van der Waals surface area contributed by atoms with Crippen molar-refractivity contribution in [2.75, 3.05) is 19.0 Å². The van der Waals surface area contributed by atoms with Gasteiger partial charge in [-0.2, -0.15) is 0 Å². The zero-order valence-electron chi connectivity index (χ0n) is 10.8. The van der Waals surface area contributed by atoms with Gasteiger partial charge in [0.15, 0.2) is 18.2 Å². The van der Waals surface area contributed by atoms with Crippen LogP contribution in [0.1, 0.15) is 0 Å². The molecule has 20 heavy (non-hydrogen) atoms. The molecule has 104 valence electrons. The number of pyridine rings is 1. The van der Waals surface area contributed by atoms with Gasteiger partial charge in [0.2, 0.25) is 0 Å². The number of carbonyl (C=O) groups excluding carboxylic acids is 1. The summed E-state index contributed by atoms with van der Waals surface area (Å²) in [4.78, 5) is 15.8. The van der Waals surface area contributed by atoms with Crippen LogP contribution in [0.2, 0.25) is 5.02 Å². The Labute approximate surface area is 121 Å². The number of hydrogen-bond donors (Lipinski definition) is 1. The van der Waals surface area contributed by atoms with Crippen molar-refractivity contribution in [2.24, 2.45) is 0 Å². The summed E-state index contributed by atoms with van der Waals surface area (Å²) in [7, 11) is 1.51. The lowest BCUT2D eigenvalue weighted by atomic mass is 10.3. The predicted octanol–water partition coefficient (Wildman–Crippen LogP) is 2.76. The number of amides is 1. The lowest BCUT2D eigenvalue weighted by Crippen LogP contribution is -2.21. The van der Waals surface area contributed by atoms with E-state index < -0.39 is 0 Å². The van der Waals surface area contributed by atoms with E-state index in [9.17, 15) is 4.79 Å². The van der Waals surface area contributed by atoms with Gasteiger partial charge in [-0.25, -0.2) is 4.98 Å². The SMILES string of the molecule is COc1cccnc1NC(=O)COc1ccccc1Cl. The molecule has 6 heteroatoms. The number of para-hydroxylation sites is 1. The van der Waals surface area contributed by atoms with Crippen LogP contribution in [-0.2, 0) is 4.79 Å². The summed E-state index contributed by atoms with van der Waals surface area (Å²) in [5, 5.41) is 3.06. The number of halogens is 1. The van der Waals surface area contributed by atoms with Gasteiger partial charge in [-0.1, -0.05) is 23.7 Å². The largest absolute Gasteiger partial charge is 0.493 e. The molecule has 1 aromatic heterocycles. The number of ether oxygens (including phenoxy) is 2. The topological polar surface area (TPSA) is 60.5 Å². The van der Waals surface area contributed by atoms with E-state index >= 15 is 0 Å². The molecule has 0 fully saturated rings. The van der Waals surface area contributed by atoms with Crippen LogP contribution in [-0.4, -0.2) is 24.6 Å². The van der Waals surface area contributed by atoms with Crippen molar-refractivity contribution in [3.63, 3.8) is 0 Å². The average molecular weight is 293 g/mol. The van der Waals surface area contributed by atoms with Gasteiger partial charge >= 0.3 is 0 Å². The van der Waals surface area contributed by atoms with E-state index in [1.165, 1.54) is 7.11 Å². The third-order valence-corrected chi connectivity index (χ3v) is 2.76. The Morgan fingerprint density at radius 2 is 2.00 bits per heavy atom. The molecule has 1 N–H and O–H groups in total. The number of methoxy groups -OCH3 is 1. The molecule has 5 nitrogen and oxygen atoms in total. The number of nitrogens with one attached hydrogen (secondary N) is 1. The van der Waals surface area contributed by atoms with E-state index in [-0.39, 0.29) is 12.5 Å². The van der Waals surface area contributed by atoms with Gasteiger partial charge in [0.05, 0.1) is 12.1 Å². The molecule has 0 spiro atoms. The van der Waals surface area contributed by atoms with Gasteiger partial charge in [0.1, 0.15) is 5.75 Å². The van der Waals surface area contributed by atoms with Crippen LogP contribution in [0.25, 0.3) is 0 Å². The van der Waals surface area contributed by atoms with Gasteiger partial charge in [-0.3, -0.25) is 4.79 Å². The second-order valence-corrected chi connectivity index (χ2v) is 4.23. The first-order valence-corrected chi connectivity index (χ1v) is 6.24. The van der Waals surface area contributed by atoms with Gasteiger partial charge in [-0.15, -0.1) is 0 Å². The van der Waals surface area contributed by atoms with E-state index in [4.69, 9.17) is 21.1 Å². The molecule has 0 radical (unpaired) electrons. The summed E-state index contributed by atoms with van der Waals surface area (Å²) in [6.45, 7) is -0.163. The maximum atomic E-state index is 11.8. The summed E-state index contributed by atoms with van der Waals surface area (Å²) in [6, 6.07) is 10.4. The lowest BCUT2D eigenvalue weighted by molar-refractivity contribution is -0.118. The molecular weight excluding hydrogens is 280 g/mol. The van der Waals surface area contributed by atoms with Crippen molar-refractivity contribution in [3.05, 3.63) is 47.6 Å². The minimum Gasteiger partial charge on any atom is -0.493 e. The fourth-order valence-electron chi connectivity index (χ4n) is 1.52. The summed E-state index contributed by atoms with van der Waals surface area (Å²) in [5.74, 6) is 0.945. The molecule has 2 aromatic rings. The highest BCUT2D eigenvalue weighted by atomic mass is 35.5.